The first-order valence-corrected chi connectivity index (χ1v) is 9.57. The molecule has 0 aliphatic rings. The van der Waals surface area contributed by atoms with Crippen LogP contribution in [0.25, 0.3) is 0 Å². The van der Waals surface area contributed by atoms with Gasteiger partial charge in [0.15, 0.2) is 0 Å². The van der Waals surface area contributed by atoms with E-state index < -0.39 is 0 Å². The lowest BCUT2D eigenvalue weighted by molar-refractivity contribution is -0.122. The molecule has 1 aromatic carbocycles. The normalized spacial score (nSPS) is 10.1. The van der Waals surface area contributed by atoms with Crippen molar-refractivity contribution in [2.45, 2.75) is 19.3 Å². The average molecular weight is 399 g/mol. The maximum absolute atomic E-state index is 11.9. The Morgan fingerprint density at radius 3 is 2.17 bits per heavy atom. The van der Waals surface area contributed by atoms with Crippen LogP contribution in [0.3, 0.4) is 0 Å². The van der Waals surface area contributed by atoms with Crippen molar-refractivity contribution in [2.75, 3.05) is 52.9 Å². The van der Waals surface area contributed by atoms with Gasteiger partial charge >= 0.3 is 0 Å². The number of amides is 1. The van der Waals surface area contributed by atoms with E-state index in [4.69, 9.17) is 30.6 Å². The van der Waals surface area contributed by atoms with E-state index in [1.54, 1.807) is 0 Å². The molecule has 0 saturated heterocycles. The second kappa shape index (κ2) is 17.7. The molecule has 0 aliphatic carbocycles. The molecule has 0 heterocycles. The molecule has 1 rings (SSSR count). The smallest absolute Gasteiger partial charge is 0.259 e. The molecular weight excluding hydrogens is 371 g/mol. The van der Waals surface area contributed by atoms with Crippen molar-refractivity contribution in [3.63, 3.8) is 0 Å². The van der Waals surface area contributed by atoms with Crippen LogP contribution in [0.15, 0.2) is 24.3 Å². The van der Waals surface area contributed by atoms with Crippen LogP contribution in [0.5, 0.6) is 0 Å². The van der Waals surface area contributed by atoms with Gasteiger partial charge in [-0.05, 0) is 23.4 Å². The highest BCUT2D eigenvalue weighted by atomic mass is 16.6. The summed E-state index contributed by atoms with van der Waals surface area (Å²) >= 11 is 0. The van der Waals surface area contributed by atoms with E-state index in [9.17, 15) is 4.79 Å². The number of nitriles is 1. The lowest BCUT2D eigenvalue weighted by Gasteiger charge is -2.10. The van der Waals surface area contributed by atoms with Gasteiger partial charge in [-0.3, -0.25) is 4.79 Å². The summed E-state index contributed by atoms with van der Waals surface area (Å²) in [6, 6.07) is 7.74. The fourth-order valence-corrected chi connectivity index (χ4v) is 2.32. The lowest BCUT2D eigenvalue weighted by Crippen LogP contribution is -2.25. The highest BCUT2D eigenvalue weighted by molar-refractivity contribution is 6.44. The minimum Gasteiger partial charge on any atom is -0.379 e. The fourth-order valence-electron chi connectivity index (χ4n) is 2.32. The number of hydrogen-bond acceptors (Lipinski definition) is 6. The Bertz CT molecular complexity index is 657. The van der Waals surface area contributed by atoms with E-state index >= 15 is 0 Å². The fraction of sp³-hybridized carbons (Fsp3) is 0.524. The number of carbonyl (C=O) groups excluding carboxylic acids is 1. The lowest BCUT2D eigenvalue weighted by atomic mass is 9.73. The summed E-state index contributed by atoms with van der Waals surface area (Å²) < 4.78 is 21.1. The van der Waals surface area contributed by atoms with Gasteiger partial charge in [-0.1, -0.05) is 30.2 Å². The highest BCUT2D eigenvalue weighted by Gasteiger charge is 2.05. The summed E-state index contributed by atoms with van der Waals surface area (Å²) in [5.74, 6) is 4.32. The Balaban J connectivity index is 1.97. The molecular formula is C21H28BN2O5. The number of hydrogen-bond donors (Lipinski definition) is 1. The van der Waals surface area contributed by atoms with Crippen molar-refractivity contribution in [2.24, 2.45) is 0 Å². The van der Waals surface area contributed by atoms with E-state index in [-0.39, 0.29) is 12.3 Å². The van der Waals surface area contributed by atoms with Crippen LogP contribution in [-0.2, 0) is 36.6 Å². The van der Waals surface area contributed by atoms with Gasteiger partial charge < -0.3 is 24.3 Å². The zero-order chi connectivity index (χ0) is 21.0. The first-order chi connectivity index (χ1) is 14.3. The molecule has 7 nitrogen and oxygen atoms in total. The Kier molecular flexibility index (Phi) is 15.1. The number of rotatable bonds is 17. The van der Waals surface area contributed by atoms with Crippen molar-refractivity contribution in [3.8, 4) is 18.3 Å². The topological polar surface area (TPSA) is 89.8 Å². The van der Waals surface area contributed by atoms with Gasteiger partial charge in [-0.15, -0.1) is 6.42 Å². The highest BCUT2D eigenvalue weighted by Crippen LogP contribution is 2.08. The second-order valence-corrected chi connectivity index (χ2v) is 5.93. The molecule has 29 heavy (non-hydrogen) atoms. The van der Waals surface area contributed by atoms with Crippen molar-refractivity contribution in [3.05, 3.63) is 35.4 Å². The predicted octanol–water partition coefficient (Wildman–Crippen LogP) is 1.08. The quantitative estimate of drug-likeness (QED) is 0.240. The summed E-state index contributed by atoms with van der Waals surface area (Å²) in [6.07, 6.45) is 5.91. The minimum atomic E-state index is -0.0783. The number of benzene rings is 1. The van der Waals surface area contributed by atoms with Gasteiger partial charge in [0.05, 0.1) is 46.2 Å². The number of terminal acetylenes is 1. The van der Waals surface area contributed by atoms with Crippen molar-refractivity contribution in [1.82, 2.24) is 5.32 Å². The first-order valence-electron chi connectivity index (χ1n) is 9.57. The third-order valence-corrected chi connectivity index (χ3v) is 3.78. The van der Waals surface area contributed by atoms with Crippen LogP contribution in [0.4, 0.5) is 0 Å². The standard InChI is InChI=1S/C21H28BN2O5/c1-2-8-26-10-12-28-14-15-29-13-11-27-9-7-21(25)24-17-20-6-4-3-5-19(20)16-22-18-23/h1,3-6H,7-17H2,(H,24,25). The van der Waals surface area contributed by atoms with Gasteiger partial charge in [0.1, 0.15) is 6.61 Å². The maximum Gasteiger partial charge on any atom is 0.259 e. The molecule has 1 radical (unpaired) electrons. The van der Waals surface area contributed by atoms with Gasteiger partial charge in [-0.2, -0.15) is 0 Å². The molecule has 155 valence electrons. The van der Waals surface area contributed by atoms with Crippen LogP contribution in [0.1, 0.15) is 17.5 Å². The Morgan fingerprint density at radius 2 is 1.55 bits per heavy atom. The number of nitrogens with zero attached hydrogens (tertiary/aromatic N) is 1. The Labute approximate surface area is 173 Å². The molecule has 0 aliphatic heterocycles. The number of carbonyl (C=O) groups is 1. The van der Waals surface area contributed by atoms with Crippen molar-refractivity contribution in [1.29, 1.82) is 5.26 Å². The molecule has 1 amide bonds. The third kappa shape index (κ3) is 13.5. The van der Waals surface area contributed by atoms with E-state index in [1.165, 1.54) is 7.28 Å². The van der Waals surface area contributed by atoms with E-state index in [0.29, 0.717) is 65.7 Å². The SMILES string of the molecule is C#CCOCCOCCOCCOCCC(=O)NCc1ccccc1C[B]C#N. The first kappa shape index (κ1) is 24.7. The minimum absolute atomic E-state index is 0.0783. The van der Waals surface area contributed by atoms with Crippen LogP contribution in [-0.4, -0.2) is 66.0 Å². The summed E-state index contributed by atoms with van der Waals surface area (Å²) in [7, 11) is 1.54. The van der Waals surface area contributed by atoms with E-state index in [0.717, 1.165) is 11.1 Å². The van der Waals surface area contributed by atoms with Crippen LogP contribution < -0.4 is 5.32 Å². The Morgan fingerprint density at radius 1 is 0.966 bits per heavy atom. The molecule has 0 atom stereocenters. The zero-order valence-electron chi connectivity index (χ0n) is 16.7. The van der Waals surface area contributed by atoms with Gasteiger partial charge in [0.2, 0.25) is 5.91 Å². The second-order valence-electron chi connectivity index (χ2n) is 5.93. The van der Waals surface area contributed by atoms with Crippen LogP contribution in [0, 0.1) is 23.6 Å². The maximum atomic E-state index is 11.9. The number of ether oxygens (including phenoxy) is 4. The monoisotopic (exact) mass is 399 g/mol. The van der Waals surface area contributed by atoms with Crippen molar-refractivity contribution < 1.29 is 23.7 Å². The van der Waals surface area contributed by atoms with Crippen LogP contribution in [0.2, 0.25) is 0 Å². The van der Waals surface area contributed by atoms with Crippen molar-refractivity contribution >= 4 is 13.2 Å². The predicted molar refractivity (Wildman–Crippen MR) is 110 cm³/mol. The molecule has 0 saturated carbocycles. The molecule has 0 bridgehead atoms. The molecule has 0 unspecified atom stereocenters. The summed E-state index contributed by atoms with van der Waals surface area (Å²) in [5, 5.41) is 11.5. The molecule has 0 aromatic heterocycles. The molecule has 1 N–H and O–H groups in total. The summed E-state index contributed by atoms with van der Waals surface area (Å²) in [6.45, 7) is 3.84. The molecule has 1 aromatic rings. The van der Waals surface area contributed by atoms with Gasteiger partial charge in [0, 0.05) is 13.0 Å². The largest absolute Gasteiger partial charge is 0.379 e. The Hall–Kier alpha value is -2.36. The molecule has 0 spiro atoms. The zero-order valence-corrected chi connectivity index (χ0v) is 16.7. The van der Waals surface area contributed by atoms with E-state index in [2.05, 4.69) is 11.2 Å². The number of nitrogens with one attached hydrogen (secondary N) is 1. The molecule has 8 heteroatoms. The van der Waals surface area contributed by atoms with Crippen LogP contribution >= 0.6 is 0 Å². The molecule has 0 fully saturated rings. The van der Waals surface area contributed by atoms with Gasteiger partial charge in [-0.25, -0.2) is 5.26 Å². The summed E-state index contributed by atoms with van der Waals surface area (Å²) in [4.78, 5) is 11.9. The summed E-state index contributed by atoms with van der Waals surface area (Å²) in [5.41, 5.74) is 2.04. The third-order valence-electron chi connectivity index (χ3n) is 3.78. The van der Waals surface area contributed by atoms with E-state index in [1.807, 2.05) is 30.2 Å². The average Bonchev–Trinajstić information content (AvgIpc) is 2.74. The van der Waals surface area contributed by atoms with Gasteiger partial charge in [0.25, 0.3) is 7.28 Å².